The third-order valence-electron chi connectivity index (χ3n) is 4.14. The molecule has 1 saturated carbocycles. The van der Waals surface area contributed by atoms with Gasteiger partial charge in [-0.2, -0.15) is 0 Å². The molecule has 0 unspecified atom stereocenters. The first-order valence-corrected chi connectivity index (χ1v) is 6.81. The molecule has 19 heavy (non-hydrogen) atoms. The molecule has 1 aliphatic rings. The van der Waals surface area contributed by atoms with E-state index < -0.39 is 5.41 Å². The number of hydrogen-bond donors (Lipinski definition) is 2. The molecule has 4 heteroatoms. The molecule has 1 amide bonds. The maximum Gasteiger partial charge on any atom is 0.228 e. The average Bonchev–Trinajstić information content (AvgIpc) is 2.37. The summed E-state index contributed by atoms with van der Waals surface area (Å²) in [6.45, 7) is 4.59. The third kappa shape index (κ3) is 2.78. The second kappa shape index (κ2) is 5.29. The Bertz CT molecular complexity index is 433. The van der Waals surface area contributed by atoms with Gasteiger partial charge in [-0.05, 0) is 25.0 Å². The number of carbonyl (C=O) groups excluding carboxylic acids is 1. The van der Waals surface area contributed by atoms with Gasteiger partial charge in [0.2, 0.25) is 5.91 Å². The van der Waals surface area contributed by atoms with Crippen molar-refractivity contribution in [2.75, 3.05) is 13.2 Å². The predicted molar refractivity (Wildman–Crippen MR) is 73.6 cm³/mol. The zero-order chi connectivity index (χ0) is 13.9. The van der Waals surface area contributed by atoms with E-state index in [1.165, 1.54) is 0 Å². The molecule has 0 bridgehead atoms. The van der Waals surface area contributed by atoms with Crippen LogP contribution in [-0.4, -0.2) is 29.1 Å². The second-order valence-corrected chi connectivity index (χ2v) is 6.07. The molecule has 0 aliphatic heterocycles. The van der Waals surface area contributed by atoms with Crippen LogP contribution in [0.25, 0.3) is 0 Å². The fourth-order valence-corrected chi connectivity index (χ4v) is 2.40. The number of nitrogens with one attached hydrogen (secondary N) is 1. The lowest BCUT2D eigenvalue weighted by Crippen LogP contribution is -2.50. The van der Waals surface area contributed by atoms with Gasteiger partial charge in [0.15, 0.2) is 0 Å². The van der Waals surface area contributed by atoms with Gasteiger partial charge >= 0.3 is 0 Å². The van der Waals surface area contributed by atoms with Crippen LogP contribution in [0.1, 0.15) is 38.8 Å². The molecular formula is C15H22N2O2. The largest absolute Gasteiger partial charge is 0.395 e. The Balaban J connectivity index is 1.96. The Morgan fingerprint density at radius 2 is 2.21 bits per heavy atom. The Morgan fingerprint density at radius 3 is 2.68 bits per heavy atom. The van der Waals surface area contributed by atoms with Crippen molar-refractivity contribution in [2.45, 2.75) is 38.5 Å². The highest BCUT2D eigenvalue weighted by atomic mass is 16.3. The zero-order valence-corrected chi connectivity index (χ0v) is 11.6. The van der Waals surface area contributed by atoms with E-state index in [9.17, 15) is 9.90 Å². The van der Waals surface area contributed by atoms with Crippen LogP contribution in [0.2, 0.25) is 0 Å². The van der Waals surface area contributed by atoms with Crippen molar-refractivity contribution in [3.05, 3.63) is 30.1 Å². The Hall–Kier alpha value is -1.42. The van der Waals surface area contributed by atoms with Crippen LogP contribution in [0.15, 0.2) is 24.4 Å². The zero-order valence-electron chi connectivity index (χ0n) is 11.6. The molecule has 1 aromatic heterocycles. The molecule has 0 aromatic carbocycles. The van der Waals surface area contributed by atoms with Gasteiger partial charge < -0.3 is 10.4 Å². The smallest absolute Gasteiger partial charge is 0.228 e. The van der Waals surface area contributed by atoms with Gasteiger partial charge in [-0.3, -0.25) is 9.78 Å². The first kappa shape index (κ1) is 14.0. The van der Waals surface area contributed by atoms with Crippen molar-refractivity contribution < 1.29 is 9.90 Å². The van der Waals surface area contributed by atoms with Crippen molar-refractivity contribution in [3.8, 4) is 0 Å². The predicted octanol–water partition coefficient (Wildman–Crippen LogP) is 1.64. The molecule has 1 fully saturated rings. The number of pyridine rings is 1. The summed E-state index contributed by atoms with van der Waals surface area (Å²) >= 11 is 0. The van der Waals surface area contributed by atoms with Crippen LogP contribution in [0.5, 0.6) is 0 Å². The summed E-state index contributed by atoms with van der Waals surface area (Å²) in [5.41, 5.74) is 0.222. The molecule has 4 nitrogen and oxygen atoms in total. The van der Waals surface area contributed by atoms with Crippen LogP contribution in [0.3, 0.4) is 0 Å². The Labute approximate surface area is 114 Å². The van der Waals surface area contributed by atoms with Crippen molar-refractivity contribution in [1.29, 1.82) is 0 Å². The van der Waals surface area contributed by atoms with Gasteiger partial charge in [0.1, 0.15) is 0 Å². The number of aliphatic hydroxyl groups excluding tert-OH is 1. The highest BCUT2D eigenvalue weighted by molar-refractivity contribution is 5.83. The van der Waals surface area contributed by atoms with E-state index in [1.807, 2.05) is 18.2 Å². The van der Waals surface area contributed by atoms with Crippen LogP contribution in [0.4, 0.5) is 0 Å². The topological polar surface area (TPSA) is 62.2 Å². The van der Waals surface area contributed by atoms with E-state index in [2.05, 4.69) is 24.1 Å². The molecule has 104 valence electrons. The third-order valence-corrected chi connectivity index (χ3v) is 4.14. The van der Waals surface area contributed by atoms with Crippen molar-refractivity contribution in [1.82, 2.24) is 10.3 Å². The van der Waals surface area contributed by atoms with E-state index in [0.717, 1.165) is 25.0 Å². The van der Waals surface area contributed by atoms with E-state index >= 15 is 0 Å². The fraction of sp³-hybridized carbons (Fsp3) is 0.600. The summed E-state index contributed by atoms with van der Waals surface area (Å²) in [6, 6.07) is 5.80. The lowest BCUT2D eigenvalue weighted by Gasteiger charge is -2.39. The van der Waals surface area contributed by atoms with Crippen molar-refractivity contribution >= 4 is 5.91 Å². The highest BCUT2D eigenvalue weighted by Gasteiger charge is 2.43. The molecule has 2 rings (SSSR count). The van der Waals surface area contributed by atoms with E-state index in [-0.39, 0.29) is 17.9 Å². The molecule has 0 saturated heterocycles. The van der Waals surface area contributed by atoms with Gasteiger partial charge in [0.05, 0.1) is 12.0 Å². The molecule has 0 radical (unpaired) electrons. The standard InChI is InChI=1S/C15H22N2O2/c1-14(2,12-6-3-4-9-16-12)10-17-13(19)15(11-18)7-5-8-15/h3-4,6,9,18H,5,7-8,10-11H2,1-2H3,(H,17,19). The van der Waals surface area contributed by atoms with E-state index in [1.54, 1.807) is 6.20 Å². The van der Waals surface area contributed by atoms with Crippen LogP contribution in [-0.2, 0) is 10.2 Å². The number of aromatic nitrogens is 1. The van der Waals surface area contributed by atoms with Crippen molar-refractivity contribution in [3.63, 3.8) is 0 Å². The highest BCUT2D eigenvalue weighted by Crippen LogP contribution is 2.40. The molecule has 2 N–H and O–H groups in total. The molecule has 0 atom stereocenters. The molecule has 0 spiro atoms. The summed E-state index contributed by atoms with van der Waals surface area (Å²) < 4.78 is 0. The normalized spacial score (nSPS) is 17.6. The number of hydrogen-bond acceptors (Lipinski definition) is 3. The monoisotopic (exact) mass is 262 g/mol. The number of aliphatic hydroxyl groups is 1. The van der Waals surface area contributed by atoms with Gasteiger partial charge in [0, 0.05) is 23.9 Å². The van der Waals surface area contributed by atoms with Gasteiger partial charge in [0.25, 0.3) is 0 Å². The molecular weight excluding hydrogens is 240 g/mol. The second-order valence-electron chi connectivity index (χ2n) is 6.07. The van der Waals surface area contributed by atoms with Gasteiger partial charge in [-0.25, -0.2) is 0 Å². The summed E-state index contributed by atoms with van der Waals surface area (Å²) in [6.07, 6.45) is 4.37. The van der Waals surface area contributed by atoms with E-state index in [4.69, 9.17) is 0 Å². The van der Waals surface area contributed by atoms with Crippen LogP contribution < -0.4 is 5.32 Å². The summed E-state index contributed by atoms with van der Waals surface area (Å²) in [5, 5.41) is 12.4. The Kier molecular flexibility index (Phi) is 3.90. The molecule has 1 heterocycles. The number of rotatable bonds is 5. The summed E-state index contributed by atoms with van der Waals surface area (Å²) in [4.78, 5) is 16.5. The van der Waals surface area contributed by atoms with Crippen LogP contribution >= 0.6 is 0 Å². The van der Waals surface area contributed by atoms with Crippen molar-refractivity contribution in [2.24, 2.45) is 5.41 Å². The maximum absolute atomic E-state index is 12.2. The molecule has 1 aromatic rings. The minimum atomic E-state index is -0.528. The summed E-state index contributed by atoms with van der Waals surface area (Å²) in [5.74, 6) is -0.0229. The quantitative estimate of drug-likeness (QED) is 0.848. The Morgan fingerprint density at radius 1 is 1.47 bits per heavy atom. The summed E-state index contributed by atoms with van der Waals surface area (Å²) in [7, 11) is 0. The number of amides is 1. The molecule has 1 aliphatic carbocycles. The van der Waals surface area contributed by atoms with Gasteiger partial charge in [-0.15, -0.1) is 0 Å². The maximum atomic E-state index is 12.2. The average molecular weight is 262 g/mol. The SMILES string of the molecule is CC(C)(CNC(=O)C1(CO)CCC1)c1ccccn1. The number of carbonyl (C=O) groups is 1. The first-order valence-electron chi connectivity index (χ1n) is 6.81. The number of nitrogens with zero attached hydrogens (tertiary/aromatic N) is 1. The van der Waals surface area contributed by atoms with Gasteiger partial charge in [-0.1, -0.05) is 26.3 Å². The van der Waals surface area contributed by atoms with Crippen LogP contribution in [0, 0.1) is 5.41 Å². The lowest BCUT2D eigenvalue weighted by molar-refractivity contribution is -0.139. The lowest BCUT2D eigenvalue weighted by atomic mass is 9.68. The minimum absolute atomic E-state index is 0.0229. The van der Waals surface area contributed by atoms with E-state index in [0.29, 0.717) is 6.54 Å². The fourth-order valence-electron chi connectivity index (χ4n) is 2.40. The first-order chi connectivity index (χ1) is 9.00. The minimum Gasteiger partial charge on any atom is -0.395 e.